The second kappa shape index (κ2) is 6.85. The highest BCUT2D eigenvalue weighted by Gasteiger charge is 2.23. The van der Waals surface area contributed by atoms with Crippen molar-refractivity contribution < 1.29 is 13.2 Å². The standard InChI is InChI=1S/C16H21N5O3S/c1-21-10-13(8-18-21)25(23,24)19-9-16(22)20-15-4-2-3-11-7-12(17)5-6-14(11)15/h5-8,10,15,19H,2-4,9,17H2,1H3,(H,20,22). The van der Waals surface area contributed by atoms with E-state index in [2.05, 4.69) is 15.1 Å². The Kier molecular flexibility index (Phi) is 4.78. The topological polar surface area (TPSA) is 119 Å². The number of aromatic nitrogens is 2. The third kappa shape index (κ3) is 3.99. The summed E-state index contributed by atoms with van der Waals surface area (Å²) >= 11 is 0. The molecule has 1 atom stereocenters. The van der Waals surface area contributed by atoms with E-state index in [9.17, 15) is 13.2 Å². The van der Waals surface area contributed by atoms with E-state index in [-0.39, 0.29) is 23.4 Å². The van der Waals surface area contributed by atoms with Gasteiger partial charge in [-0.1, -0.05) is 6.07 Å². The molecule has 0 saturated heterocycles. The van der Waals surface area contributed by atoms with E-state index in [4.69, 9.17) is 5.73 Å². The summed E-state index contributed by atoms with van der Waals surface area (Å²) in [6.45, 7) is -0.321. The fraction of sp³-hybridized carbons (Fsp3) is 0.375. The van der Waals surface area contributed by atoms with Crippen molar-refractivity contribution in [3.05, 3.63) is 41.7 Å². The van der Waals surface area contributed by atoms with Gasteiger partial charge >= 0.3 is 0 Å². The number of nitrogens with two attached hydrogens (primary N) is 1. The second-order valence-corrected chi connectivity index (χ2v) is 7.91. The van der Waals surface area contributed by atoms with Crippen LogP contribution in [0, 0.1) is 0 Å². The highest BCUT2D eigenvalue weighted by atomic mass is 32.2. The zero-order valence-corrected chi connectivity index (χ0v) is 14.7. The number of nitrogen functional groups attached to an aromatic ring is 1. The number of aryl methyl sites for hydroxylation is 2. The third-order valence-corrected chi connectivity index (χ3v) is 5.59. The first-order valence-corrected chi connectivity index (χ1v) is 9.49. The number of amides is 1. The summed E-state index contributed by atoms with van der Waals surface area (Å²) in [5.74, 6) is -0.373. The Morgan fingerprint density at radius 1 is 1.44 bits per heavy atom. The van der Waals surface area contributed by atoms with Crippen LogP contribution in [-0.2, 0) is 28.3 Å². The lowest BCUT2D eigenvalue weighted by Gasteiger charge is -2.26. The smallest absolute Gasteiger partial charge is 0.244 e. The predicted octanol–water partition coefficient (Wildman–Crippen LogP) is 0.474. The lowest BCUT2D eigenvalue weighted by molar-refractivity contribution is -0.120. The molecule has 134 valence electrons. The summed E-state index contributed by atoms with van der Waals surface area (Å²) < 4.78 is 27.9. The zero-order valence-electron chi connectivity index (χ0n) is 13.9. The van der Waals surface area contributed by atoms with Crippen molar-refractivity contribution in [1.29, 1.82) is 0 Å². The molecule has 1 aromatic heterocycles. The number of rotatable bonds is 5. The molecule has 0 aliphatic heterocycles. The molecule has 1 heterocycles. The van der Waals surface area contributed by atoms with E-state index in [1.807, 2.05) is 18.2 Å². The fourth-order valence-electron chi connectivity index (χ4n) is 3.01. The van der Waals surface area contributed by atoms with Crippen LogP contribution in [0.25, 0.3) is 0 Å². The molecular formula is C16H21N5O3S. The molecule has 2 aromatic rings. The number of anilines is 1. The van der Waals surface area contributed by atoms with Crippen molar-refractivity contribution in [2.45, 2.75) is 30.2 Å². The molecule has 1 amide bonds. The number of nitrogens with zero attached hydrogens (tertiary/aromatic N) is 2. The maximum Gasteiger partial charge on any atom is 0.244 e. The van der Waals surface area contributed by atoms with E-state index in [0.717, 1.165) is 30.4 Å². The van der Waals surface area contributed by atoms with Crippen LogP contribution in [0.2, 0.25) is 0 Å². The molecule has 1 aliphatic carbocycles. The number of sulfonamides is 1. The Hall–Kier alpha value is -2.39. The molecule has 9 heteroatoms. The number of nitrogens with one attached hydrogen (secondary N) is 2. The number of carbonyl (C=O) groups is 1. The average molecular weight is 363 g/mol. The molecule has 0 spiro atoms. The summed E-state index contributed by atoms with van der Waals surface area (Å²) in [5, 5.41) is 6.72. The van der Waals surface area contributed by atoms with Gasteiger partial charge in [0.2, 0.25) is 15.9 Å². The summed E-state index contributed by atoms with van der Waals surface area (Å²) in [4.78, 5) is 12.2. The number of hydrogen-bond donors (Lipinski definition) is 3. The van der Waals surface area contributed by atoms with Crippen LogP contribution in [0.3, 0.4) is 0 Å². The quantitative estimate of drug-likeness (QED) is 0.667. The molecule has 0 fully saturated rings. The molecule has 3 rings (SSSR count). The van der Waals surface area contributed by atoms with Gasteiger partial charge in [0.25, 0.3) is 0 Å². The monoisotopic (exact) mass is 363 g/mol. The molecule has 0 radical (unpaired) electrons. The number of carbonyl (C=O) groups excluding carboxylic acids is 1. The molecule has 0 saturated carbocycles. The SMILES string of the molecule is Cn1cc(S(=O)(=O)NCC(=O)NC2CCCc3cc(N)ccc32)cn1. The predicted molar refractivity (Wildman–Crippen MR) is 93.1 cm³/mol. The fourth-order valence-corrected chi connectivity index (χ4v) is 3.98. The van der Waals surface area contributed by atoms with E-state index < -0.39 is 10.0 Å². The maximum absolute atomic E-state index is 12.2. The largest absolute Gasteiger partial charge is 0.399 e. The molecule has 8 nitrogen and oxygen atoms in total. The number of fused-ring (bicyclic) bond motifs is 1. The minimum absolute atomic E-state index is 0.0290. The van der Waals surface area contributed by atoms with Gasteiger partial charge in [-0.2, -0.15) is 5.10 Å². The minimum atomic E-state index is -3.75. The summed E-state index contributed by atoms with van der Waals surface area (Å²) in [5.41, 5.74) is 8.69. The summed E-state index contributed by atoms with van der Waals surface area (Å²) in [6, 6.07) is 5.54. The maximum atomic E-state index is 12.2. The second-order valence-electron chi connectivity index (χ2n) is 6.14. The Morgan fingerprint density at radius 2 is 2.24 bits per heavy atom. The van der Waals surface area contributed by atoms with Crippen molar-refractivity contribution in [2.24, 2.45) is 7.05 Å². The summed E-state index contributed by atoms with van der Waals surface area (Å²) in [6.07, 6.45) is 5.31. The van der Waals surface area contributed by atoms with Gasteiger partial charge in [0, 0.05) is 18.9 Å². The van der Waals surface area contributed by atoms with E-state index in [1.54, 1.807) is 7.05 Å². The highest BCUT2D eigenvalue weighted by molar-refractivity contribution is 7.89. The van der Waals surface area contributed by atoms with Gasteiger partial charge in [0.1, 0.15) is 4.90 Å². The normalized spacial score (nSPS) is 17.1. The van der Waals surface area contributed by atoms with Gasteiger partial charge in [-0.15, -0.1) is 0 Å². The van der Waals surface area contributed by atoms with Crippen molar-refractivity contribution in [3.63, 3.8) is 0 Å². The molecule has 1 unspecified atom stereocenters. The Labute approximate surface area is 146 Å². The number of benzene rings is 1. The Morgan fingerprint density at radius 3 is 2.96 bits per heavy atom. The summed E-state index contributed by atoms with van der Waals surface area (Å²) in [7, 11) is -2.13. The van der Waals surface area contributed by atoms with Crippen LogP contribution in [0.5, 0.6) is 0 Å². The lowest BCUT2D eigenvalue weighted by atomic mass is 9.87. The molecule has 1 aromatic carbocycles. The van der Waals surface area contributed by atoms with E-state index >= 15 is 0 Å². The average Bonchev–Trinajstić information content (AvgIpc) is 3.00. The van der Waals surface area contributed by atoms with Crippen LogP contribution in [-0.4, -0.2) is 30.7 Å². The minimum Gasteiger partial charge on any atom is -0.399 e. The van der Waals surface area contributed by atoms with Gasteiger partial charge in [-0.25, -0.2) is 13.1 Å². The molecule has 1 aliphatic rings. The van der Waals surface area contributed by atoms with Gasteiger partial charge < -0.3 is 11.1 Å². The van der Waals surface area contributed by atoms with Crippen LogP contribution in [0.15, 0.2) is 35.5 Å². The molecule has 0 bridgehead atoms. The third-order valence-electron chi connectivity index (χ3n) is 4.23. The first-order valence-electron chi connectivity index (χ1n) is 8.01. The van der Waals surface area contributed by atoms with Gasteiger partial charge in [-0.05, 0) is 42.5 Å². The van der Waals surface area contributed by atoms with Crippen molar-refractivity contribution in [3.8, 4) is 0 Å². The van der Waals surface area contributed by atoms with Crippen molar-refractivity contribution >= 4 is 21.6 Å². The number of hydrogen-bond acceptors (Lipinski definition) is 5. The van der Waals surface area contributed by atoms with Crippen LogP contribution < -0.4 is 15.8 Å². The van der Waals surface area contributed by atoms with Gasteiger partial charge in [0.15, 0.2) is 0 Å². The Bertz CT molecular complexity index is 891. The Balaban J connectivity index is 1.62. The van der Waals surface area contributed by atoms with Gasteiger partial charge in [0.05, 0.1) is 18.8 Å². The molecular weight excluding hydrogens is 342 g/mol. The van der Waals surface area contributed by atoms with Crippen molar-refractivity contribution in [1.82, 2.24) is 19.8 Å². The molecule has 4 N–H and O–H groups in total. The zero-order chi connectivity index (χ0) is 18.0. The van der Waals surface area contributed by atoms with Crippen LogP contribution in [0.4, 0.5) is 5.69 Å². The van der Waals surface area contributed by atoms with Gasteiger partial charge in [-0.3, -0.25) is 9.48 Å². The molecule has 25 heavy (non-hydrogen) atoms. The van der Waals surface area contributed by atoms with Crippen LogP contribution in [0.1, 0.15) is 30.0 Å². The van der Waals surface area contributed by atoms with E-state index in [1.165, 1.54) is 17.1 Å². The van der Waals surface area contributed by atoms with Crippen LogP contribution >= 0.6 is 0 Å². The van der Waals surface area contributed by atoms with Crippen molar-refractivity contribution in [2.75, 3.05) is 12.3 Å². The lowest BCUT2D eigenvalue weighted by Crippen LogP contribution is -2.39. The highest BCUT2D eigenvalue weighted by Crippen LogP contribution is 2.30. The first kappa shape index (κ1) is 17.4. The first-order chi connectivity index (χ1) is 11.8. The van der Waals surface area contributed by atoms with E-state index in [0.29, 0.717) is 5.69 Å².